The molecule has 1 aliphatic carbocycles. The van der Waals surface area contributed by atoms with E-state index in [4.69, 9.17) is 5.11 Å². The number of hydrogen-bond acceptors (Lipinski definition) is 4. The average molecular weight is 377 g/mol. The average Bonchev–Trinajstić information content (AvgIpc) is 3.38. The lowest BCUT2D eigenvalue weighted by Crippen LogP contribution is -2.24. The van der Waals surface area contributed by atoms with Crippen LogP contribution in [0, 0.1) is 0 Å². The molecule has 0 saturated heterocycles. The zero-order valence-corrected chi connectivity index (χ0v) is 15.6. The lowest BCUT2D eigenvalue weighted by molar-refractivity contribution is 0.284. The molecule has 1 saturated carbocycles. The Morgan fingerprint density at radius 1 is 1.18 bits per heavy atom. The number of H-pyrrole nitrogens is 1. The first kappa shape index (κ1) is 17.2. The van der Waals surface area contributed by atoms with Crippen molar-refractivity contribution in [3.63, 3.8) is 0 Å². The lowest BCUT2D eigenvalue weighted by Gasteiger charge is -2.03. The number of nitrogens with zero attached hydrogens (tertiary/aromatic N) is 4. The van der Waals surface area contributed by atoms with Crippen LogP contribution in [0.15, 0.2) is 41.6 Å². The smallest absolute Gasteiger partial charge is 0.329 e. The van der Waals surface area contributed by atoms with Gasteiger partial charge in [0.1, 0.15) is 0 Å². The summed E-state index contributed by atoms with van der Waals surface area (Å²) in [5.41, 5.74) is 5.94. The van der Waals surface area contributed by atoms with Crippen LogP contribution in [0.4, 0.5) is 0 Å². The van der Waals surface area contributed by atoms with Crippen LogP contribution < -0.4 is 5.69 Å². The van der Waals surface area contributed by atoms with E-state index < -0.39 is 0 Å². The standard InChI is InChI=1S/C21H23N5O2/c27-10-2-1-3-14-6-9-23-17-11-15(24-20(14)17)13-25-19-12-22-8-7-18(19)26(21(25)28)16-4-5-16/h6-9,11-12,16,24,27H,1-5,10,13H2. The van der Waals surface area contributed by atoms with Gasteiger partial charge in [-0.1, -0.05) is 0 Å². The number of aromatic nitrogens is 5. The first-order valence-electron chi connectivity index (χ1n) is 9.87. The van der Waals surface area contributed by atoms with Gasteiger partial charge in [0, 0.05) is 30.7 Å². The fourth-order valence-electron chi connectivity index (χ4n) is 3.99. The topological polar surface area (TPSA) is 88.7 Å². The highest BCUT2D eigenvalue weighted by Gasteiger charge is 2.29. The molecular formula is C21H23N5O2. The first-order valence-corrected chi connectivity index (χ1v) is 9.87. The number of fused-ring (bicyclic) bond motifs is 2. The van der Waals surface area contributed by atoms with E-state index in [1.54, 1.807) is 17.0 Å². The SMILES string of the molecule is O=c1n(Cc2cc3nccc(CCCCO)c3[nH]2)c2cnccc2n1C1CC1. The van der Waals surface area contributed by atoms with Crippen molar-refractivity contribution in [1.29, 1.82) is 0 Å². The summed E-state index contributed by atoms with van der Waals surface area (Å²) in [6.45, 7) is 0.680. The van der Waals surface area contributed by atoms with E-state index >= 15 is 0 Å². The fourth-order valence-corrected chi connectivity index (χ4v) is 3.99. The van der Waals surface area contributed by atoms with Crippen LogP contribution in [0.1, 0.15) is 43.0 Å². The maximum absolute atomic E-state index is 13.1. The summed E-state index contributed by atoms with van der Waals surface area (Å²) < 4.78 is 3.72. The van der Waals surface area contributed by atoms with Gasteiger partial charge >= 0.3 is 5.69 Å². The summed E-state index contributed by atoms with van der Waals surface area (Å²) in [6, 6.07) is 6.29. The van der Waals surface area contributed by atoms with E-state index in [9.17, 15) is 4.79 Å². The monoisotopic (exact) mass is 377 g/mol. The van der Waals surface area contributed by atoms with Crippen molar-refractivity contribution in [3.05, 3.63) is 58.5 Å². The lowest BCUT2D eigenvalue weighted by atomic mass is 10.1. The Morgan fingerprint density at radius 3 is 2.89 bits per heavy atom. The van der Waals surface area contributed by atoms with Crippen LogP contribution >= 0.6 is 0 Å². The van der Waals surface area contributed by atoms with Crippen molar-refractivity contribution >= 4 is 22.1 Å². The number of aliphatic hydroxyl groups is 1. The summed E-state index contributed by atoms with van der Waals surface area (Å²) in [6.07, 6.45) is 10.1. The minimum atomic E-state index is 0.0280. The number of hydrogen-bond donors (Lipinski definition) is 2. The van der Waals surface area contributed by atoms with Crippen molar-refractivity contribution in [2.75, 3.05) is 6.61 Å². The van der Waals surface area contributed by atoms with Gasteiger partial charge in [-0.3, -0.25) is 19.1 Å². The highest BCUT2D eigenvalue weighted by atomic mass is 16.2. The third kappa shape index (κ3) is 2.92. The molecule has 0 aromatic carbocycles. The molecule has 4 aromatic rings. The Morgan fingerprint density at radius 2 is 2.07 bits per heavy atom. The molecule has 5 rings (SSSR count). The van der Waals surface area contributed by atoms with Crippen molar-refractivity contribution < 1.29 is 5.11 Å². The van der Waals surface area contributed by atoms with E-state index in [1.165, 1.54) is 5.56 Å². The van der Waals surface area contributed by atoms with Crippen LogP contribution in [-0.2, 0) is 13.0 Å². The van der Waals surface area contributed by atoms with Crippen LogP contribution in [0.5, 0.6) is 0 Å². The molecule has 0 radical (unpaired) electrons. The summed E-state index contributed by atoms with van der Waals surface area (Å²) in [5.74, 6) is 0. The van der Waals surface area contributed by atoms with Gasteiger partial charge in [-0.15, -0.1) is 0 Å². The van der Waals surface area contributed by atoms with Crippen LogP contribution in [0.3, 0.4) is 0 Å². The van der Waals surface area contributed by atoms with Gasteiger partial charge in [-0.25, -0.2) is 4.79 Å². The number of nitrogens with one attached hydrogen (secondary N) is 1. The number of imidazole rings is 1. The second-order valence-electron chi connectivity index (χ2n) is 7.54. The number of aryl methyl sites for hydroxylation is 1. The van der Waals surface area contributed by atoms with Crippen molar-refractivity contribution in [1.82, 2.24) is 24.1 Å². The Labute approximate surface area is 161 Å². The van der Waals surface area contributed by atoms with Gasteiger partial charge in [0.2, 0.25) is 0 Å². The number of aliphatic hydroxyl groups excluding tert-OH is 1. The molecule has 0 amide bonds. The third-order valence-corrected chi connectivity index (χ3v) is 5.52. The van der Waals surface area contributed by atoms with Gasteiger partial charge in [0.05, 0.1) is 34.8 Å². The summed E-state index contributed by atoms with van der Waals surface area (Å²) >= 11 is 0. The second-order valence-corrected chi connectivity index (χ2v) is 7.54. The Hall–Kier alpha value is -2.93. The van der Waals surface area contributed by atoms with Crippen LogP contribution in [0.25, 0.3) is 22.1 Å². The molecular weight excluding hydrogens is 354 g/mol. The molecule has 0 bridgehead atoms. The highest BCUT2D eigenvalue weighted by Crippen LogP contribution is 2.36. The predicted molar refractivity (Wildman–Crippen MR) is 107 cm³/mol. The molecule has 1 fully saturated rings. The van der Waals surface area contributed by atoms with Crippen molar-refractivity contribution in [2.45, 2.75) is 44.7 Å². The normalized spacial score (nSPS) is 14.3. The summed E-state index contributed by atoms with van der Waals surface area (Å²) in [5, 5.41) is 9.02. The predicted octanol–water partition coefficient (Wildman–Crippen LogP) is 2.77. The molecule has 1 aliphatic rings. The first-order chi connectivity index (χ1) is 13.8. The molecule has 0 atom stereocenters. The minimum Gasteiger partial charge on any atom is -0.396 e. The zero-order valence-electron chi connectivity index (χ0n) is 15.6. The largest absolute Gasteiger partial charge is 0.396 e. The van der Waals surface area contributed by atoms with Crippen molar-refractivity contribution in [3.8, 4) is 0 Å². The molecule has 4 aromatic heterocycles. The molecule has 28 heavy (non-hydrogen) atoms. The van der Waals surface area contributed by atoms with Gasteiger partial charge < -0.3 is 10.1 Å². The van der Waals surface area contributed by atoms with Crippen molar-refractivity contribution in [2.24, 2.45) is 0 Å². The summed E-state index contributed by atoms with van der Waals surface area (Å²) in [4.78, 5) is 25.3. The molecule has 0 spiro atoms. The molecule has 4 heterocycles. The van der Waals surface area contributed by atoms with E-state index in [2.05, 4.69) is 15.0 Å². The molecule has 2 N–H and O–H groups in total. The van der Waals surface area contributed by atoms with Gasteiger partial charge in [-0.2, -0.15) is 0 Å². The Bertz CT molecular complexity index is 1200. The molecule has 7 heteroatoms. The highest BCUT2D eigenvalue weighted by molar-refractivity contribution is 5.80. The molecule has 0 unspecified atom stereocenters. The number of aromatic amines is 1. The van der Waals surface area contributed by atoms with E-state index in [1.807, 2.05) is 29.0 Å². The van der Waals surface area contributed by atoms with Gasteiger partial charge in [0.25, 0.3) is 0 Å². The molecule has 7 nitrogen and oxygen atoms in total. The maximum Gasteiger partial charge on any atom is 0.329 e. The number of unbranched alkanes of at least 4 members (excludes halogenated alkanes) is 1. The van der Waals surface area contributed by atoms with E-state index in [0.717, 1.165) is 59.9 Å². The van der Waals surface area contributed by atoms with E-state index in [-0.39, 0.29) is 12.3 Å². The van der Waals surface area contributed by atoms with Crippen LogP contribution in [-0.4, -0.2) is 35.8 Å². The minimum absolute atomic E-state index is 0.0280. The Balaban J connectivity index is 1.53. The number of pyridine rings is 2. The quantitative estimate of drug-likeness (QED) is 0.485. The summed E-state index contributed by atoms with van der Waals surface area (Å²) in [7, 11) is 0. The molecule has 0 aliphatic heterocycles. The number of rotatable bonds is 7. The van der Waals surface area contributed by atoms with Gasteiger partial charge in [-0.05, 0) is 55.9 Å². The third-order valence-electron chi connectivity index (χ3n) is 5.52. The van der Waals surface area contributed by atoms with Gasteiger partial charge in [0.15, 0.2) is 0 Å². The zero-order chi connectivity index (χ0) is 19.1. The Kier molecular flexibility index (Phi) is 4.24. The second kappa shape index (κ2) is 6.91. The maximum atomic E-state index is 13.1. The van der Waals surface area contributed by atoms with E-state index in [0.29, 0.717) is 12.6 Å². The van der Waals surface area contributed by atoms with Crippen LogP contribution in [0.2, 0.25) is 0 Å². The molecule has 144 valence electrons. The fraction of sp³-hybridized carbons (Fsp3) is 0.381.